The molecule has 0 atom stereocenters. The Hall–Kier alpha value is -1.84. The van der Waals surface area contributed by atoms with Crippen LogP contribution < -0.4 is 11.1 Å². The van der Waals surface area contributed by atoms with Crippen LogP contribution in [0, 0.1) is 0 Å². The van der Waals surface area contributed by atoms with E-state index in [1.165, 1.54) is 0 Å². The van der Waals surface area contributed by atoms with Gasteiger partial charge in [0, 0.05) is 18.7 Å². The lowest BCUT2D eigenvalue weighted by atomic mass is 10.1. The molecule has 0 heterocycles. The van der Waals surface area contributed by atoms with Crippen LogP contribution in [0.5, 0.6) is 0 Å². The Kier molecular flexibility index (Phi) is 6.06. The van der Waals surface area contributed by atoms with Crippen molar-refractivity contribution in [2.24, 2.45) is 5.73 Å². The van der Waals surface area contributed by atoms with Gasteiger partial charge in [0.1, 0.15) is 0 Å². The summed E-state index contributed by atoms with van der Waals surface area (Å²) in [5.74, 6) is -0.0510. The molecule has 0 bridgehead atoms. The highest BCUT2D eigenvalue weighted by atomic mass is 35.5. The molecule has 0 unspecified atom stereocenters. The highest BCUT2D eigenvalue weighted by Gasteiger charge is 2.01. The normalized spacial score (nSPS) is 9.53. The first-order chi connectivity index (χ1) is 8.79. The van der Waals surface area contributed by atoms with Crippen LogP contribution >= 0.6 is 12.4 Å². The lowest BCUT2D eigenvalue weighted by Gasteiger charge is -2.06. The second-order valence-corrected chi connectivity index (χ2v) is 4.03. The topological polar surface area (TPSA) is 55.1 Å². The molecule has 1 amide bonds. The molecule has 0 saturated carbocycles. The quantitative estimate of drug-likeness (QED) is 0.902. The Labute approximate surface area is 119 Å². The monoisotopic (exact) mass is 276 g/mol. The zero-order chi connectivity index (χ0) is 12.8. The van der Waals surface area contributed by atoms with Gasteiger partial charge in [-0.2, -0.15) is 0 Å². The van der Waals surface area contributed by atoms with Crippen molar-refractivity contribution < 1.29 is 4.79 Å². The van der Waals surface area contributed by atoms with Crippen LogP contribution in [0.15, 0.2) is 54.6 Å². The summed E-state index contributed by atoms with van der Waals surface area (Å²) in [5.41, 5.74) is 8.42. The third kappa shape index (κ3) is 4.39. The number of benzene rings is 2. The van der Waals surface area contributed by atoms with Gasteiger partial charge in [0.2, 0.25) is 5.91 Å². The summed E-state index contributed by atoms with van der Waals surface area (Å²) in [4.78, 5) is 11.4. The van der Waals surface area contributed by atoms with E-state index in [-0.39, 0.29) is 18.3 Å². The third-order valence-corrected chi connectivity index (χ3v) is 2.65. The van der Waals surface area contributed by atoms with E-state index in [1.807, 2.05) is 42.5 Å². The molecule has 0 aliphatic rings. The van der Waals surface area contributed by atoms with Crippen LogP contribution in [-0.2, 0) is 4.79 Å². The van der Waals surface area contributed by atoms with Gasteiger partial charge in [-0.25, -0.2) is 0 Å². The molecule has 0 aliphatic heterocycles. The lowest BCUT2D eigenvalue weighted by molar-refractivity contribution is -0.116. The van der Waals surface area contributed by atoms with Gasteiger partial charge in [-0.3, -0.25) is 4.79 Å². The first-order valence-corrected chi connectivity index (χ1v) is 5.95. The van der Waals surface area contributed by atoms with E-state index in [0.717, 1.165) is 16.8 Å². The smallest absolute Gasteiger partial charge is 0.225 e. The molecule has 0 aliphatic carbocycles. The first kappa shape index (κ1) is 15.2. The van der Waals surface area contributed by atoms with Gasteiger partial charge in [-0.15, -0.1) is 12.4 Å². The van der Waals surface area contributed by atoms with Gasteiger partial charge < -0.3 is 11.1 Å². The number of amides is 1. The van der Waals surface area contributed by atoms with Crippen LogP contribution in [-0.4, -0.2) is 12.5 Å². The zero-order valence-electron chi connectivity index (χ0n) is 10.5. The van der Waals surface area contributed by atoms with Crippen LogP contribution in [0.3, 0.4) is 0 Å². The van der Waals surface area contributed by atoms with Crippen molar-refractivity contribution in [1.82, 2.24) is 0 Å². The molecule has 0 spiro atoms. The number of carbonyl (C=O) groups is 1. The molecular formula is C15H17ClN2O. The molecule has 100 valence electrons. The number of hydrogen-bond acceptors (Lipinski definition) is 2. The van der Waals surface area contributed by atoms with Crippen molar-refractivity contribution in [3.63, 3.8) is 0 Å². The van der Waals surface area contributed by atoms with Gasteiger partial charge in [0.05, 0.1) is 0 Å². The molecule has 3 N–H and O–H groups in total. The summed E-state index contributed by atoms with van der Waals surface area (Å²) in [6.45, 7) is 0.369. The Bertz CT molecular complexity index is 511. The SMILES string of the molecule is Cl.NCCC(=O)Nc1ccc(-c2ccccc2)cc1. The molecule has 2 rings (SSSR count). The summed E-state index contributed by atoms with van der Waals surface area (Å²) in [7, 11) is 0. The number of hydrogen-bond donors (Lipinski definition) is 2. The van der Waals surface area contributed by atoms with Crippen molar-refractivity contribution in [3.05, 3.63) is 54.6 Å². The van der Waals surface area contributed by atoms with Gasteiger partial charge in [0.25, 0.3) is 0 Å². The van der Waals surface area contributed by atoms with Crippen molar-refractivity contribution in [2.75, 3.05) is 11.9 Å². The fourth-order valence-electron chi connectivity index (χ4n) is 1.73. The molecule has 4 heteroatoms. The second-order valence-electron chi connectivity index (χ2n) is 4.03. The Morgan fingerprint density at radius 2 is 1.53 bits per heavy atom. The Morgan fingerprint density at radius 1 is 0.947 bits per heavy atom. The molecular weight excluding hydrogens is 260 g/mol. The number of carbonyl (C=O) groups excluding carboxylic acids is 1. The number of nitrogens with one attached hydrogen (secondary N) is 1. The fourth-order valence-corrected chi connectivity index (χ4v) is 1.73. The van der Waals surface area contributed by atoms with Crippen molar-refractivity contribution in [2.45, 2.75) is 6.42 Å². The average molecular weight is 277 g/mol. The Morgan fingerprint density at radius 3 is 2.11 bits per heavy atom. The average Bonchev–Trinajstić information content (AvgIpc) is 2.41. The van der Waals surface area contributed by atoms with Crippen molar-refractivity contribution in [1.29, 1.82) is 0 Å². The largest absolute Gasteiger partial charge is 0.330 e. The maximum absolute atomic E-state index is 11.4. The van der Waals surface area contributed by atoms with Crippen LogP contribution in [0.2, 0.25) is 0 Å². The number of halogens is 1. The minimum atomic E-state index is -0.0510. The number of rotatable bonds is 4. The maximum Gasteiger partial charge on any atom is 0.225 e. The zero-order valence-corrected chi connectivity index (χ0v) is 11.3. The molecule has 19 heavy (non-hydrogen) atoms. The second kappa shape index (κ2) is 7.56. The predicted octanol–water partition coefficient (Wildman–Crippen LogP) is 3.06. The summed E-state index contributed by atoms with van der Waals surface area (Å²) >= 11 is 0. The van der Waals surface area contributed by atoms with E-state index >= 15 is 0 Å². The summed E-state index contributed by atoms with van der Waals surface area (Å²) in [6.07, 6.45) is 0.348. The van der Waals surface area contributed by atoms with E-state index in [4.69, 9.17) is 5.73 Å². The van der Waals surface area contributed by atoms with Crippen LogP contribution in [0.25, 0.3) is 11.1 Å². The van der Waals surface area contributed by atoms with Crippen LogP contribution in [0.4, 0.5) is 5.69 Å². The van der Waals surface area contributed by atoms with Gasteiger partial charge in [-0.1, -0.05) is 42.5 Å². The molecule has 2 aromatic carbocycles. The molecule has 2 aromatic rings. The standard InChI is InChI=1S/C15H16N2O.ClH/c16-11-10-15(18)17-14-8-6-13(7-9-14)12-4-2-1-3-5-12;/h1-9H,10-11,16H2,(H,17,18);1H. The van der Waals surface area contributed by atoms with E-state index in [2.05, 4.69) is 17.4 Å². The minimum absolute atomic E-state index is 0. The highest BCUT2D eigenvalue weighted by molar-refractivity contribution is 5.91. The maximum atomic E-state index is 11.4. The van der Waals surface area contributed by atoms with Crippen molar-refractivity contribution in [3.8, 4) is 11.1 Å². The summed E-state index contributed by atoms with van der Waals surface area (Å²) in [5, 5.41) is 2.80. The van der Waals surface area contributed by atoms with Gasteiger partial charge >= 0.3 is 0 Å². The third-order valence-electron chi connectivity index (χ3n) is 2.65. The number of anilines is 1. The molecule has 0 aromatic heterocycles. The van der Waals surface area contributed by atoms with Gasteiger partial charge in [-0.05, 0) is 23.3 Å². The van der Waals surface area contributed by atoms with Crippen LogP contribution in [0.1, 0.15) is 6.42 Å². The van der Waals surface area contributed by atoms with E-state index in [0.29, 0.717) is 13.0 Å². The van der Waals surface area contributed by atoms with Gasteiger partial charge in [0.15, 0.2) is 0 Å². The summed E-state index contributed by atoms with van der Waals surface area (Å²) in [6, 6.07) is 17.9. The fraction of sp³-hybridized carbons (Fsp3) is 0.133. The van der Waals surface area contributed by atoms with E-state index in [9.17, 15) is 4.79 Å². The molecule has 3 nitrogen and oxygen atoms in total. The highest BCUT2D eigenvalue weighted by Crippen LogP contribution is 2.20. The Balaban J connectivity index is 0.00000180. The number of nitrogens with two attached hydrogens (primary N) is 1. The lowest BCUT2D eigenvalue weighted by Crippen LogP contribution is -2.15. The van der Waals surface area contributed by atoms with Crippen molar-refractivity contribution >= 4 is 24.0 Å². The minimum Gasteiger partial charge on any atom is -0.330 e. The summed E-state index contributed by atoms with van der Waals surface area (Å²) < 4.78 is 0. The first-order valence-electron chi connectivity index (χ1n) is 5.95. The predicted molar refractivity (Wildman–Crippen MR) is 81.4 cm³/mol. The molecule has 0 radical (unpaired) electrons. The molecule has 0 saturated heterocycles. The van der Waals surface area contributed by atoms with E-state index in [1.54, 1.807) is 0 Å². The molecule has 0 fully saturated rings. The van der Waals surface area contributed by atoms with E-state index < -0.39 is 0 Å².